The summed E-state index contributed by atoms with van der Waals surface area (Å²) in [5.41, 5.74) is 2.50. The molecule has 148 valence electrons. The Hall–Kier alpha value is -2.76. The molecular formula is C23H23ClN4O. The number of hydrogen-bond donors (Lipinski definition) is 1. The van der Waals surface area contributed by atoms with Crippen molar-refractivity contribution >= 4 is 17.5 Å². The highest BCUT2D eigenvalue weighted by Crippen LogP contribution is 2.26. The molecule has 1 aromatic heterocycles. The van der Waals surface area contributed by atoms with Gasteiger partial charge in [0, 0.05) is 29.5 Å². The molecule has 0 aliphatic carbocycles. The van der Waals surface area contributed by atoms with Gasteiger partial charge >= 0.3 is 0 Å². The van der Waals surface area contributed by atoms with Crippen molar-refractivity contribution in [1.82, 2.24) is 20.2 Å². The van der Waals surface area contributed by atoms with Gasteiger partial charge in [0.05, 0.1) is 11.6 Å². The Labute approximate surface area is 175 Å². The number of carbonyl (C=O) groups excluding carboxylic acids is 1. The molecule has 1 saturated heterocycles. The number of likely N-dealkylation sites (tertiary alicyclic amines) is 1. The summed E-state index contributed by atoms with van der Waals surface area (Å²) in [6.45, 7) is 2.57. The van der Waals surface area contributed by atoms with Gasteiger partial charge in [-0.25, -0.2) is 9.97 Å². The number of benzene rings is 2. The van der Waals surface area contributed by atoms with Gasteiger partial charge in [0.15, 0.2) is 5.82 Å². The summed E-state index contributed by atoms with van der Waals surface area (Å²) in [6, 6.07) is 17.7. The van der Waals surface area contributed by atoms with E-state index in [1.807, 2.05) is 48.5 Å². The van der Waals surface area contributed by atoms with E-state index in [4.69, 9.17) is 11.6 Å². The highest BCUT2D eigenvalue weighted by atomic mass is 35.5. The Morgan fingerprint density at radius 1 is 1.03 bits per heavy atom. The standard InChI is InChI=1S/C23H23ClN4O/c24-20-10-6-9-18(13-20)21(28-11-4-5-12-28)16-27-23(29)19-14-25-22(26-15-19)17-7-2-1-3-8-17/h1-3,6-10,13-15,21H,4-5,11-12,16H2,(H,27,29). The van der Waals surface area contributed by atoms with Crippen molar-refractivity contribution in [2.45, 2.75) is 18.9 Å². The molecule has 1 aliphatic rings. The molecule has 6 heteroatoms. The normalized spacial score (nSPS) is 15.2. The van der Waals surface area contributed by atoms with Gasteiger partial charge in [0.2, 0.25) is 0 Å². The smallest absolute Gasteiger partial charge is 0.254 e. The van der Waals surface area contributed by atoms with Crippen LogP contribution in [0, 0.1) is 0 Å². The van der Waals surface area contributed by atoms with Crippen molar-refractivity contribution in [3.8, 4) is 11.4 Å². The number of nitrogens with zero attached hydrogens (tertiary/aromatic N) is 3. The number of amides is 1. The molecular weight excluding hydrogens is 384 g/mol. The first-order valence-corrected chi connectivity index (χ1v) is 10.2. The summed E-state index contributed by atoms with van der Waals surface area (Å²) in [7, 11) is 0. The van der Waals surface area contributed by atoms with Gasteiger partial charge in [-0.2, -0.15) is 0 Å². The first kappa shape index (κ1) is 19.6. The van der Waals surface area contributed by atoms with Crippen LogP contribution in [0.15, 0.2) is 67.0 Å². The molecule has 1 aliphatic heterocycles. The van der Waals surface area contributed by atoms with Crippen molar-refractivity contribution in [3.63, 3.8) is 0 Å². The molecule has 1 amide bonds. The average Bonchev–Trinajstić information content (AvgIpc) is 3.29. The molecule has 1 fully saturated rings. The molecule has 3 aromatic rings. The van der Waals surface area contributed by atoms with Gasteiger partial charge in [0.25, 0.3) is 5.91 Å². The van der Waals surface area contributed by atoms with Crippen LogP contribution in [0.1, 0.15) is 34.8 Å². The molecule has 4 rings (SSSR count). The van der Waals surface area contributed by atoms with Crippen molar-refractivity contribution < 1.29 is 4.79 Å². The van der Waals surface area contributed by atoms with E-state index < -0.39 is 0 Å². The minimum absolute atomic E-state index is 0.102. The molecule has 0 radical (unpaired) electrons. The molecule has 1 N–H and O–H groups in total. The number of rotatable bonds is 6. The van der Waals surface area contributed by atoms with Crippen LogP contribution in [0.3, 0.4) is 0 Å². The maximum Gasteiger partial charge on any atom is 0.254 e. The Bertz CT molecular complexity index is 956. The molecule has 0 spiro atoms. The Balaban J connectivity index is 1.45. The van der Waals surface area contributed by atoms with Crippen LogP contribution in [0.25, 0.3) is 11.4 Å². The van der Waals surface area contributed by atoms with Gasteiger partial charge in [-0.3, -0.25) is 9.69 Å². The fourth-order valence-corrected chi connectivity index (χ4v) is 3.90. The third kappa shape index (κ3) is 4.81. The lowest BCUT2D eigenvalue weighted by molar-refractivity contribution is 0.0937. The molecule has 5 nitrogen and oxygen atoms in total. The molecule has 2 heterocycles. The monoisotopic (exact) mass is 406 g/mol. The number of carbonyl (C=O) groups is 1. The first-order chi connectivity index (χ1) is 14.2. The van der Waals surface area contributed by atoms with E-state index in [1.54, 1.807) is 12.4 Å². The molecule has 0 saturated carbocycles. The van der Waals surface area contributed by atoms with E-state index in [-0.39, 0.29) is 11.9 Å². The summed E-state index contributed by atoms with van der Waals surface area (Å²) in [4.78, 5) is 23.8. The highest BCUT2D eigenvalue weighted by molar-refractivity contribution is 6.30. The van der Waals surface area contributed by atoms with E-state index in [0.717, 1.165) is 24.2 Å². The molecule has 1 atom stereocenters. The quantitative estimate of drug-likeness (QED) is 0.660. The maximum absolute atomic E-state index is 12.7. The summed E-state index contributed by atoms with van der Waals surface area (Å²) in [6.07, 6.45) is 5.52. The lowest BCUT2D eigenvalue weighted by Crippen LogP contribution is -2.36. The van der Waals surface area contributed by atoms with Crippen molar-refractivity contribution in [3.05, 3.63) is 83.1 Å². The zero-order valence-electron chi connectivity index (χ0n) is 16.1. The van der Waals surface area contributed by atoms with Crippen molar-refractivity contribution in [2.24, 2.45) is 0 Å². The minimum Gasteiger partial charge on any atom is -0.350 e. The highest BCUT2D eigenvalue weighted by Gasteiger charge is 2.24. The lowest BCUT2D eigenvalue weighted by atomic mass is 10.1. The topological polar surface area (TPSA) is 58.1 Å². The Kier molecular flexibility index (Phi) is 6.17. The zero-order chi connectivity index (χ0) is 20.1. The number of halogens is 1. The third-order valence-corrected chi connectivity index (χ3v) is 5.45. The van der Waals surface area contributed by atoms with Crippen LogP contribution >= 0.6 is 11.6 Å². The van der Waals surface area contributed by atoms with Crippen LogP contribution in [0.5, 0.6) is 0 Å². The van der Waals surface area contributed by atoms with Gasteiger partial charge in [-0.05, 0) is 43.6 Å². The Morgan fingerprint density at radius 2 is 1.76 bits per heavy atom. The van der Waals surface area contributed by atoms with Crippen LogP contribution in [-0.2, 0) is 0 Å². The SMILES string of the molecule is O=C(NCC(c1cccc(Cl)c1)N1CCCC1)c1cnc(-c2ccccc2)nc1. The third-order valence-electron chi connectivity index (χ3n) is 5.22. The molecule has 2 aromatic carbocycles. The van der Waals surface area contributed by atoms with Gasteiger partial charge < -0.3 is 5.32 Å². The molecule has 29 heavy (non-hydrogen) atoms. The second kappa shape index (κ2) is 9.16. The molecule has 1 unspecified atom stereocenters. The first-order valence-electron chi connectivity index (χ1n) is 9.86. The van der Waals surface area contributed by atoms with Gasteiger partial charge in [0.1, 0.15) is 0 Å². The van der Waals surface area contributed by atoms with Crippen molar-refractivity contribution in [1.29, 1.82) is 0 Å². The number of hydrogen-bond acceptors (Lipinski definition) is 4. The van der Waals surface area contributed by atoms with Gasteiger partial charge in [-0.1, -0.05) is 54.1 Å². The van der Waals surface area contributed by atoms with Crippen LogP contribution < -0.4 is 5.32 Å². The maximum atomic E-state index is 12.7. The van der Waals surface area contributed by atoms with Crippen LogP contribution in [-0.4, -0.2) is 40.4 Å². The largest absolute Gasteiger partial charge is 0.350 e. The predicted octanol–water partition coefficient (Wildman–Crippen LogP) is 4.36. The van der Waals surface area contributed by atoms with Crippen LogP contribution in [0.4, 0.5) is 0 Å². The summed E-state index contributed by atoms with van der Waals surface area (Å²) in [5, 5.41) is 3.76. The lowest BCUT2D eigenvalue weighted by Gasteiger charge is -2.28. The number of nitrogens with one attached hydrogen (secondary N) is 1. The zero-order valence-corrected chi connectivity index (χ0v) is 16.8. The second-order valence-corrected chi connectivity index (χ2v) is 7.62. The van der Waals surface area contributed by atoms with Crippen LogP contribution in [0.2, 0.25) is 5.02 Å². The van der Waals surface area contributed by atoms with Crippen molar-refractivity contribution in [2.75, 3.05) is 19.6 Å². The van der Waals surface area contributed by atoms with E-state index >= 15 is 0 Å². The van der Waals surface area contributed by atoms with Gasteiger partial charge in [-0.15, -0.1) is 0 Å². The second-order valence-electron chi connectivity index (χ2n) is 7.19. The predicted molar refractivity (Wildman–Crippen MR) is 115 cm³/mol. The average molecular weight is 407 g/mol. The Morgan fingerprint density at radius 3 is 2.45 bits per heavy atom. The van der Waals surface area contributed by atoms with E-state index in [9.17, 15) is 4.79 Å². The summed E-state index contributed by atoms with van der Waals surface area (Å²) in [5.74, 6) is 0.437. The van der Waals surface area contributed by atoms with E-state index in [2.05, 4.69) is 26.3 Å². The number of aromatic nitrogens is 2. The minimum atomic E-state index is -0.171. The molecule has 0 bridgehead atoms. The summed E-state index contributed by atoms with van der Waals surface area (Å²) < 4.78 is 0. The van der Waals surface area contributed by atoms with E-state index in [0.29, 0.717) is 23.0 Å². The van der Waals surface area contributed by atoms with E-state index in [1.165, 1.54) is 12.8 Å². The fraction of sp³-hybridized carbons (Fsp3) is 0.261. The fourth-order valence-electron chi connectivity index (χ4n) is 3.70. The summed E-state index contributed by atoms with van der Waals surface area (Å²) >= 11 is 6.20.